The standard InChI is InChI=1S/C21H15NO5S/c1-28-19-12-9-16(13-18(19)22(25)26)21(24)27-17-10-7-15(8-11-17)20(23)14-5-3-2-4-6-14/h2-13H,1H3. The van der Waals surface area contributed by atoms with Gasteiger partial charge in [0.2, 0.25) is 0 Å². The third-order valence-corrected chi connectivity index (χ3v) is 4.76. The summed E-state index contributed by atoms with van der Waals surface area (Å²) >= 11 is 1.22. The van der Waals surface area contributed by atoms with Crippen molar-refractivity contribution < 1.29 is 19.2 Å². The van der Waals surface area contributed by atoms with Gasteiger partial charge in [-0.2, -0.15) is 0 Å². The van der Waals surface area contributed by atoms with Crippen LogP contribution in [-0.2, 0) is 0 Å². The molecule has 0 aliphatic rings. The Balaban J connectivity index is 1.75. The SMILES string of the molecule is CSc1ccc(C(=O)Oc2ccc(C(=O)c3ccccc3)cc2)cc1[N+](=O)[O-]. The molecule has 3 aromatic rings. The van der Waals surface area contributed by atoms with Crippen LogP contribution in [0.25, 0.3) is 0 Å². The number of nitro groups is 1. The van der Waals surface area contributed by atoms with E-state index in [4.69, 9.17) is 4.74 Å². The second-order valence-corrected chi connectivity index (χ2v) is 6.60. The second kappa shape index (κ2) is 8.49. The summed E-state index contributed by atoms with van der Waals surface area (Å²) in [4.78, 5) is 35.8. The summed E-state index contributed by atoms with van der Waals surface area (Å²) in [5, 5.41) is 11.1. The van der Waals surface area contributed by atoms with Gasteiger partial charge in [0.1, 0.15) is 5.75 Å². The summed E-state index contributed by atoms with van der Waals surface area (Å²) in [5.74, 6) is -0.606. The number of nitrogens with zero attached hydrogens (tertiary/aromatic N) is 1. The Morgan fingerprint density at radius 1 is 0.893 bits per heavy atom. The predicted molar refractivity (Wildman–Crippen MR) is 106 cm³/mol. The van der Waals surface area contributed by atoms with Crippen LogP contribution in [0.3, 0.4) is 0 Å². The van der Waals surface area contributed by atoms with Gasteiger partial charge < -0.3 is 4.74 Å². The number of carbonyl (C=O) groups excluding carboxylic acids is 2. The van der Waals surface area contributed by atoms with Gasteiger partial charge in [-0.05, 0) is 42.7 Å². The van der Waals surface area contributed by atoms with Crippen LogP contribution in [0.5, 0.6) is 5.75 Å². The fourth-order valence-corrected chi connectivity index (χ4v) is 3.10. The van der Waals surface area contributed by atoms with Gasteiger partial charge in [0.05, 0.1) is 15.4 Å². The molecule has 0 fully saturated rings. The van der Waals surface area contributed by atoms with Crippen molar-refractivity contribution in [2.75, 3.05) is 6.26 Å². The van der Waals surface area contributed by atoms with Crippen molar-refractivity contribution in [3.05, 3.63) is 99.6 Å². The number of ether oxygens (including phenoxy) is 1. The van der Waals surface area contributed by atoms with Crippen LogP contribution in [0, 0.1) is 10.1 Å². The van der Waals surface area contributed by atoms with E-state index in [9.17, 15) is 19.7 Å². The molecule has 0 atom stereocenters. The van der Waals surface area contributed by atoms with Gasteiger partial charge in [-0.3, -0.25) is 14.9 Å². The maximum Gasteiger partial charge on any atom is 0.343 e. The lowest BCUT2D eigenvalue weighted by atomic mass is 10.0. The highest BCUT2D eigenvalue weighted by Crippen LogP contribution is 2.28. The minimum Gasteiger partial charge on any atom is -0.423 e. The molecular formula is C21H15NO5S. The Bertz CT molecular complexity index is 1030. The molecule has 0 saturated carbocycles. The van der Waals surface area contributed by atoms with Crippen LogP contribution in [0.2, 0.25) is 0 Å². The van der Waals surface area contributed by atoms with Gasteiger partial charge in [0.25, 0.3) is 5.69 Å². The third kappa shape index (κ3) is 4.27. The largest absolute Gasteiger partial charge is 0.423 e. The lowest BCUT2D eigenvalue weighted by Gasteiger charge is -2.07. The molecule has 7 heteroatoms. The fraction of sp³-hybridized carbons (Fsp3) is 0.0476. The first-order valence-corrected chi connectivity index (χ1v) is 9.46. The molecule has 0 heterocycles. The van der Waals surface area contributed by atoms with E-state index < -0.39 is 10.9 Å². The lowest BCUT2D eigenvalue weighted by Crippen LogP contribution is -2.09. The van der Waals surface area contributed by atoms with Gasteiger partial charge in [-0.15, -0.1) is 11.8 Å². The molecule has 0 unspecified atom stereocenters. The van der Waals surface area contributed by atoms with E-state index in [0.717, 1.165) is 0 Å². The highest BCUT2D eigenvalue weighted by molar-refractivity contribution is 7.98. The van der Waals surface area contributed by atoms with E-state index in [1.54, 1.807) is 42.7 Å². The Morgan fingerprint density at radius 2 is 1.50 bits per heavy atom. The van der Waals surface area contributed by atoms with Gasteiger partial charge >= 0.3 is 5.97 Å². The van der Waals surface area contributed by atoms with Crippen LogP contribution < -0.4 is 4.74 Å². The van der Waals surface area contributed by atoms with Crippen LogP contribution in [-0.4, -0.2) is 22.9 Å². The highest BCUT2D eigenvalue weighted by Gasteiger charge is 2.18. The normalized spacial score (nSPS) is 10.3. The van der Waals surface area contributed by atoms with Crippen molar-refractivity contribution in [3.8, 4) is 5.75 Å². The predicted octanol–water partition coefficient (Wildman–Crippen LogP) is 4.77. The van der Waals surface area contributed by atoms with Crippen LogP contribution in [0.4, 0.5) is 5.69 Å². The fourth-order valence-electron chi connectivity index (χ4n) is 2.56. The van der Waals surface area contributed by atoms with Crippen molar-refractivity contribution >= 4 is 29.2 Å². The number of esters is 1. The van der Waals surface area contributed by atoms with Crippen molar-refractivity contribution in [3.63, 3.8) is 0 Å². The van der Waals surface area contributed by atoms with Crippen LogP contribution >= 0.6 is 11.8 Å². The minimum atomic E-state index is -0.710. The average molecular weight is 393 g/mol. The summed E-state index contributed by atoms with van der Waals surface area (Å²) in [5.41, 5.74) is 0.957. The van der Waals surface area contributed by atoms with Crippen molar-refractivity contribution in [2.24, 2.45) is 0 Å². The zero-order valence-corrected chi connectivity index (χ0v) is 15.6. The summed E-state index contributed by atoms with van der Waals surface area (Å²) in [6.45, 7) is 0. The number of rotatable bonds is 6. The lowest BCUT2D eigenvalue weighted by molar-refractivity contribution is -0.387. The average Bonchev–Trinajstić information content (AvgIpc) is 2.73. The second-order valence-electron chi connectivity index (χ2n) is 5.75. The van der Waals surface area contributed by atoms with Crippen LogP contribution in [0.15, 0.2) is 77.7 Å². The molecule has 6 nitrogen and oxygen atoms in total. The number of thioether (sulfide) groups is 1. The monoisotopic (exact) mass is 393 g/mol. The molecule has 28 heavy (non-hydrogen) atoms. The molecule has 0 spiro atoms. The van der Waals surface area contributed by atoms with Crippen LogP contribution in [0.1, 0.15) is 26.3 Å². The maximum atomic E-state index is 12.4. The van der Waals surface area contributed by atoms with E-state index in [1.165, 1.54) is 42.1 Å². The van der Waals surface area contributed by atoms with Crippen molar-refractivity contribution in [1.82, 2.24) is 0 Å². The van der Waals surface area contributed by atoms with E-state index in [-0.39, 0.29) is 22.8 Å². The zero-order valence-electron chi connectivity index (χ0n) is 14.8. The number of hydrogen-bond donors (Lipinski definition) is 0. The minimum absolute atomic E-state index is 0.0777. The van der Waals surface area contributed by atoms with E-state index in [1.807, 2.05) is 6.07 Å². The molecule has 0 N–H and O–H groups in total. The Kier molecular flexibility index (Phi) is 5.86. The van der Waals surface area contributed by atoms with Gasteiger partial charge in [0.15, 0.2) is 5.78 Å². The molecule has 0 aliphatic heterocycles. The zero-order chi connectivity index (χ0) is 20.1. The first-order chi connectivity index (χ1) is 13.5. The summed E-state index contributed by atoms with van der Waals surface area (Å²) < 4.78 is 5.27. The number of carbonyl (C=O) groups is 2. The highest BCUT2D eigenvalue weighted by atomic mass is 32.2. The van der Waals surface area contributed by atoms with E-state index in [2.05, 4.69) is 0 Å². The number of benzene rings is 3. The first kappa shape index (κ1) is 19.3. The quantitative estimate of drug-likeness (QED) is 0.150. The Hall–Kier alpha value is -3.45. The third-order valence-electron chi connectivity index (χ3n) is 3.97. The molecule has 3 rings (SSSR count). The molecule has 140 valence electrons. The molecule has 0 aliphatic carbocycles. The van der Waals surface area contributed by atoms with Gasteiger partial charge in [-0.25, -0.2) is 4.79 Å². The summed E-state index contributed by atoms with van der Waals surface area (Å²) in [7, 11) is 0. The molecule has 0 amide bonds. The summed E-state index contributed by atoms with van der Waals surface area (Å²) in [6, 6.07) is 19.2. The molecule has 3 aromatic carbocycles. The van der Waals surface area contributed by atoms with E-state index >= 15 is 0 Å². The van der Waals surface area contributed by atoms with Gasteiger partial charge in [-0.1, -0.05) is 30.3 Å². The molecule has 0 saturated heterocycles. The number of ketones is 1. The molecule has 0 aromatic heterocycles. The summed E-state index contributed by atoms with van der Waals surface area (Å²) in [6.07, 6.45) is 1.72. The topological polar surface area (TPSA) is 86.5 Å². The molecule has 0 radical (unpaired) electrons. The number of nitro benzene ring substituents is 1. The molecular weight excluding hydrogens is 378 g/mol. The molecule has 0 bridgehead atoms. The first-order valence-electron chi connectivity index (χ1n) is 8.24. The van der Waals surface area contributed by atoms with Gasteiger partial charge in [0, 0.05) is 17.2 Å². The van der Waals surface area contributed by atoms with E-state index in [0.29, 0.717) is 16.0 Å². The Labute approximate surface area is 165 Å². The maximum absolute atomic E-state index is 12.4. The van der Waals surface area contributed by atoms with Crippen molar-refractivity contribution in [1.29, 1.82) is 0 Å². The number of hydrogen-bond acceptors (Lipinski definition) is 6. The Morgan fingerprint density at radius 3 is 2.11 bits per heavy atom. The smallest absolute Gasteiger partial charge is 0.343 e. The van der Waals surface area contributed by atoms with Crippen molar-refractivity contribution in [2.45, 2.75) is 4.90 Å².